The van der Waals surface area contributed by atoms with Crippen molar-refractivity contribution in [2.75, 3.05) is 29.9 Å². The second kappa shape index (κ2) is 8.88. The smallest absolute Gasteiger partial charge is 0.244 e. The number of carbonyl (C=O) groups is 2. The van der Waals surface area contributed by atoms with E-state index in [4.69, 9.17) is 17.3 Å². The van der Waals surface area contributed by atoms with Crippen molar-refractivity contribution >= 4 is 50.9 Å². The summed E-state index contributed by atoms with van der Waals surface area (Å²) in [4.78, 5) is 22.6. The topological polar surface area (TPSA) is 110 Å². The van der Waals surface area contributed by atoms with E-state index in [2.05, 4.69) is 5.32 Å². The summed E-state index contributed by atoms with van der Waals surface area (Å²) in [5.74, 6) is -0.100. The zero-order valence-electron chi connectivity index (χ0n) is 13.5. The molecule has 0 aliphatic carbocycles. The Kier molecular flexibility index (Phi) is 7.12. The fourth-order valence-electron chi connectivity index (χ4n) is 2.41. The second-order valence-corrected chi connectivity index (χ2v) is 8.99. The maximum Gasteiger partial charge on any atom is 0.244 e. The van der Waals surface area contributed by atoms with Gasteiger partial charge >= 0.3 is 0 Å². The third-order valence-corrected chi connectivity index (χ3v) is 6.98. The molecule has 1 fully saturated rings. The maximum absolute atomic E-state index is 12.6. The highest BCUT2D eigenvalue weighted by molar-refractivity contribution is 7.99. The first-order valence-electron chi connectivity index (χ1n) is 7.76. The van der Waals surface area contributed by atoms with Crippen molar-refractivity contribution in [3.63, 3.8) is 0 Å². The summed E-state index contributed by atoms with van der Waals surface area (Å²) in [5.41, 5.74) is 5.39. The van der Waals surface area contributed by atoms with Crippen molar-refractivity contribution in [3.05, 3.63) is 23.2 Å². The summed E-state index contributed by atoms with van der Waals surface area (Å²) in [7, 11) is -3.66. The molecule has 0 unspecified atom stereocenters. The lowest BCUT2D eigenvalue weighted by atomic mass is 10.3. The number of sulfonamides is 1. The van der Waals surface area contributed by atoms with Gasteiger partial charge in [0, 0.05) is 31.0 Å². The number of primary amides is 1. The van der Waals surface area contributed by atoms with E-state index in [0.29, 0.717) is 24.5 Å². The predicted octanol–water partition coefficient (Wildman–Crippen LogP) is 1.67. The molecule has 1 aliphatic rings. The fraction of sp³-hybridized carbons (Fsp3) is 0.467. The van der Waals surface area contributed by atoms with Gasteiger partial charge in [0.15, 0.2) is 0 Å². The molecule has 138 valence electrons. The number of carbonyl (C=O) groups excluding carboxylic acids is 2. The molecule has 2 amide bonds. The van der Waals surface area contributed by atoms with Crippen LogP contribution in [-0.2, 0) is 19.6 Å². The largest absolute Gasteiger partial charge is 0.369 e. The number of rotatable bonds is 8. The first kappa shape index (κ1) is 20.0. The number of hydrogen-bond donors (Lipinski definition) is 2. The predicted molar refractivity (Wildman–Crippen MR) is 99.2 cm³/mol. The Morgan fingerprint density at radius 3 is 2.60 bits per heavy atom. The number of nitrogens with one attached hydrogen (secondary N) is 1. The molecule has 1 aromatic carbocycles. The van der Waals surface area contributed by atoms with Crippen LogP contribution in [0.4, 0.5) is 5.69 Å². The minimum atomic E-state index is -3.66. The van der Waals surface area contributed by atoms with Crippen molar-refractivity contribution in [3.8, 4) is 0 Å². The second-order valence-electron chi connectivity index (χ2n) is 5.57. The van der Waals surface area contributed by atoms with Gasteiger partial charge in [0.05, 0.1) is 10.8 Å². The molecule has 0 spiro atoms. The molecule has 0 saturated carbocycles. The van der Waals surface area contributed by atoms with Crippen LogP contribution in [-0.4, -0.2) is 49.1 Å². The standard InChI is InChI=1S/C15H20ClN3O4S2/c16-12-4-3-11(18-15(21)5-8-24-10-14(17)20)9-13(12)25(22,23)19-6-1-2-7-19/h3-4,9H,1-2,5-8,10H2,(H2,17,20)(H,18,21). The molecule has 7 nitrogen and oxygen atoms in total. The van der Waals surface area contributed by atoms with Crippen molar-refractivity contribution in [2.45, 2.75) is 24.2 Å². The molecular formula is C15H20ClN3O4S2. The number of benzene rings is 1. The van der Waals surface area contributed by atoms with Gasteiger partial charge in [-0.2, -0.15) is 16.1 Å². The van der Waals surface area contributed by atoms with Gasteiger partial charge < -0.3 is 11.1 Å². The highest BCUT2D eigenvalue weighted by Crippen LogP contribution is 2.29. The van der Waals surface area contributed by atoms with Crippen molar-refractivity contribution in [1.82, 2.24) is 4.31 Å². The van der Waals surface area contributed by atoms with Crippen LogP contribution in [0, 0.1) is 0 Å². The number of halogens is 1. The van der Waals surface area contributed by atoms with Crippen LogP contribution in [0.1, 0.15) is 19.3 Å². The minimum Gasteiger partial charge on any atom is -0.369 e. The van der Waals surface area contributed by atoms with Crippen LogP contribution < -0.4 is 11.1 Å². The van der Waals surface area contributed by atoms with Gasteiger partial charge in [0.25, 0.3) is 0 Å². The Morgan fingerprint density at radius 2 is 1.96 bits per heavy atom. The number of amides is 2. The molecule has 1 aromatic rings. The minimum absolute atomic E-state index is 0.00281. The lowest BCUT2D eigenvalue weighted by Gasteiger charge is -2.17. The monoisotopic (exact) mass is 405 g/mol. The quantitative estimate of drug-likeness (QED) is 0.639. The molecule has 1 aliphatic heterocycles. The van der Waals surface area contributed by atoms with E-state index in [0.717, 1.165) is 12.8 Å². The number of nitrogens with two attached hydrogens (primary N) is 1. The van der Waals surface area contributed by atoms with Crippen molar-refractivity contribution in [1.29, 1.82) is 0 Å². The molecule has 0 aromatic heterocycles. The van der Waals surface area contributed by atoms with Gasteiger partial charge in [-0.05, 0) is 31.0 Å². The van der Waals surface area contributed by atoms with E-state index in [1.54, 1.807) is 6.07 Å². The molecule has 10 heteroatoms. The van der Waals surface area contributed by atoms with E-state index < -0.39 is 15.9 Å². The molecule has 1 saturated heterocycles. The van der Waals surface area contributed by atoms with E-state index in [9.17, 15) is 18.0 Å². The van der Waals surface area contributed by atoms with Gasteiger partial charge in [-0.3, -0.25) is 9.59 Å². The van der Waals surface area contributed by atoms with Crippen molar-refractivity contribution in [2.24, 2.45) is 5.73 Å². The Balaban J connectivity index is 2.03. The molecule has 0 atom stereocenters. The highest BCUT2D eigenvalue weighted by atomic mass is 35.5. The number of anilines is 1. The summed E-state index contributed by atoms with van der Waals surface area (Å²) in [5, 5.41) is 2.78. The lowest BCUT2D eigenvalue weighted by Crippen LogP contribution is -2.28. The molecule has 0 radical (unpaired) electrons. The third kappa shape index (κ3) is 5.60. The van der Waals surface area contributed by atoms with Gasteiger partial charge in [0.2, 0.25) is 21.8 Å². The molecule has 1 heterocycles. The van der Waals surface area contributed by atoms with Crippen molar-refractivity contribution < 1.29 is 18.0 Å². The first-order valence-corrected chi connectivity index (χ1v) is 10.7. The number of thioether (sulfide) groups is 1. The Labute approximate surface area is 156 Å². The zero-order valence-corrected chi connectivity index (χ0v) is 15.9. The first-order chi connectivity index (χ1) is 11.8. The van der Waals surface area contributed by atoms with Gasteiger partial charge in [-0.15, -0.1) is 0 Å². The maximum atomic E-state index is 12.6. The number of nitrogens with zero attached hydrogens (tertiary/aromatic N) is 1. The van der Waals surface area contributed by atoms with E-state index >= 15 is 0 Å². The highest BCUT2D eigenvalue weighted by Gasteiger charge is 2.29. The van der Waals surface area contributed by atoms with Crippen LogP contribution in [0.3, 0.4) is 0 Å². The van der Waals surface area contributed by atoms with Crippen LogP contribution >= 0.6 is 23.4 Å². The molecule has 2 rings (SSSR count). The molecular weight excluding hydrogens is 386 g/mol. The van der Waals surface area contributed by atoms with E-state index in [-0.39, 0.29) is 28.0 Å². The Hall–Kier alpha value is -1.29. The Morgan fingerprint density at radius 1 is 1.28 bits per heavy atom. The average Bonchev–Trinajstić information content (AvgIpc) is 3.08. The summed E-state index contributed by atoms with van der Waals surface area (Å²) < 4.78 is 26.7. The van der Waals surface area contributed by atoms with Crippen LogP contribution in [0.25, 0.3) is 0 Å². The summed E-state index contributed by atoms with van der Waals surface area (Å²) in [6, 6.07) is 4.40. The normalized spacial score (nSPS) is 15.2. The van der Waals surface area contributed by atoms with E-state index in [1.165, 1.54) is 28.2 Å². The Bertz CT molecular complexity index is 749. The van der Waals surface area contributed by atoms with Crippen LogP contribution in [0.5, 0.6) is 0 Å². The lowest BCUT2D eigenvalue weighted by molar-refractivity contribution is -0.116. The van der Waals surface area contributed by atoms with Gasteiger partial charge in [-0.1, -0.05) is 11.6 Å². The molecule has 3 N–H and O–H groups in total. The summed E-state index contributed by atoms with van der Waals surface area (Å²) >= 11 is 7.33. The molecule has 25 heavy (non-hydrogen) atoms. The third-order valence-electron chi connectivity index (χ3n) is 3.62. The summed E-state index contributed by atoms with van der Waals surface area (Å²) in [6.45, 7) is 0.957. The van der Waals surface area contributed by atoms with E-state index in [1.807, 2.05) is 0 Å². The van der Waals surface area contributed by atoms with Crippen LogP contribution in [0.2, 0.25) is 5.02 Å². The number of hydrogen-bond acceptors (Lipinski definition) is 5. The zero-order chi connectivity index (χ0) is 18.4. The van der Waals surface area contributed by atoms with Gasteiger partial charge in [0.1, 0.15) is 4.90 Å². The average molecular weight is 406 g/mol. The molecule has 0 bridgehead atoms. The van der Waals surface area contributed by atoms with Gasteiger partial charge in [-0.25, -0.2) is 8.42 Å². The van der Waals surface area contributed by atoms with Crippen LogP contribution in [0.15, 0.2) is 23.1 Å². The SMILES string of the molecule is NC(=O)CSCCC(=O)Nc1ccc(Cl)c(S(=O)(=O)N2CCCC2)c1. The summed E-state index contributed by atoms with van der Waals surface area (Å²) in [6.07, 6.45) is 1.85. The fourth-order valence-corrected chi connectivity index (χ4v) is 5.10.